The zero-order valence-electron chi connectivity index (χ0n) is 12.4. The Morgan fingerprint density at radius 1 is 1.16 bits per heavy atom. The van der Waals surface area contributed by atoms with Crippen LogP contribution in [0.25, 0.3) is 0 Å². The van der Waals surface area contributed by atoms with Crippen molar-refractivity contribution in [2.75, 3.05) is 32.8 Å². The number of nitrogens with zero attached hydrogens (tertiary/aromatic N) is 2. The highest BCUT2D eigenvalue weighted by atomic mass is 16.3. The molecule has 0 bridgehead atoms. The fraction of sp³-hybridized carbons (Fsp3) is 1.00. The molecule has 2 unspecified atom stereocenters. The van der Waals surface area contributed by atoms with Crippen LogP contribution in [0.15, 0.2) is 0 Å². The van der Waals surface area contributed by atoms with Crippen molar-refractivity contribution in [2.24, 2.45) is 5.73 Å². The van der Waals surface area contributed by atoms with Crippen molar-refractivity contribution in [1.82, 2.24) is 9.80 Å². The molecule has 4 nitrogen and oxygen atoms in total. The van der Waals surface area contributed by atoms with Crippen LogP contribution in [0, 0.1) is 0 Å². The molecule has 19 heavy (non-hydrogen) atoms. The summed E-state index contributed by atoms with van der Waals surface area (Å²) in [5.74, 6) is 0. The second kappa shape index (κ2) is 7.58. The van der Waals surface area contributed by atoms with E-state index in [0.717, 1.165) is 45.1 Å². The smallest absolute Gasteiger partial charge is 0.0601 e. The fourth-order valence-corrected chi connectivity index (χ4v) is 3.75. The molecule has 0 aromatic carbocycles. The summed E-state index contributed by atoms with van der Waals surface area (Å²) in [7, 11) is 0. The molecular weight excluding hydrogens is 238 g/mol. The van der Waals surface area contributed by atoms with Crippen LogP contribution in [0.3, 0.4) is 0 Å². The molecule has 3 N–H and O–H groups in total. The maximum atomic E-state index is 9.62. The lowest BCUT2D eigenvalue weighted by molar-refractivity contribution is 0.0372. The molecule has 2 aliphatic rings. The Morgan fingerprint density at radius 2 is 1.79 bits per heavy atom. The van der Waals surface area contributed by atoms with Crippen LogP contribution in [0.2, 0.25) is 0 Å². The van der Waals surface area contributed by atoms with Gasteiger partial charge in [-0.3, -0.25) is 9.80 Å². The summed E-state index contributed by atoms with van der Waals surface area (Å²) in [6.07, 6.45) is 7.70. The van der Waals surface area contributed by atoms with Gasteiger partial charge >= 0.3 is 0 Å². The highest BCUT2D eigenvalue weighted by Crippen LogP contribution is 2.24. The standard InChI is InChI=1S/C15H31N3O/c1-2-5-14(16)15(12-19)18-10-8-17(9-11-18)13-6-3-4-7-13/h13-15,19H,2-12,16H2,1H3. The van der Waals surface area contributed by atoms with E-state index in [1.54, 1.807) is 0 Å². The molecule has 2 fully saturated rings. The van der Waals surface area contributed by atoms with Crippen molar-refractivity contribution in [3.63, 3.8) is 0 Å². The Bertz CT molecular complexity index is 248. The number of nitrogens with two attached hydrogens (primary N) is 1. The lowest BCUT2D eigenvalue weighted by atomic mass is 10.0. The average molecular weight is 269 g/mol. The number of hydrogen-bond acceptors (Lipinski definition) is 4. The van der Waals surface area contributed by atoms with Crippen molar-refractivity contribution in [2.45, 2.75) is 63.6 Å². The molecule has 1 heterocycles. The summed E-state index contributed by atoms with van der Waals surface area (Å²) >= 11 is 0. The van der Waals surface area contributed by atoms with Crippen LogP contribution < -0.4 is 5.73 Å². The molecule has 0 spiro atoms. The molecule has 1 saturated heterocycles. The Morgan fingerprint density at radius 3 is 2.32 bits per heavy atom. The molecule has 0 radical (unpaired) electrons. The topological polar surface area (TPSA) is 52.7 Å². The van der Waals surface area contributed by atoms with Crippen LogP contribution in [-0.2, 0) is 0 Å². The summed E-state index contributed by atoms with van der Waals surface area (Å²) in [5.41, 5.74) is 6.21. The van der Waals surface area contributed by atoms with Gasteiger partial charge in [-0.25, -0.2) is 0 Å². The lowest BCUT2D eigenvalue weighted by Crippen LogP contribution is -2.58. The molecule has 0 amide bonds. The Hall–Kier alpha value is -0.160. The maximum Gasteiger partial charge on any atom is 0.0601 e. The van der Waals surface area contributed by atoms with Gasteiger partial charge in [-0.05, 0) is 19.3 Å². The predicted molar refractivity (Wildman–Crippen MR) is 79.2 cm³/mol. The van der Waals surface area contributed by atoms with Crippen LogP contribution in [-0.4, -0.2) is 65.8 Å². The third-order valence-corrected chi connectivity index (χ3v) is 4.96. The highest BCUT2D eigenvalue weighted by molar-refractivity contribution is 4.87. The summed E-state index contributed by atoms with van der Waals surface area (Å²) < 4.78 is 0. The molecule has 112 valence electrons. The Balaban J connectivity index is 1.80. The number of rotatable bonds is 6. The average Bonchev–Trinajstić information content (AvgIpc) is 2.95. The molecule has 1 aliphatic heterocycles. The molecule has 0 aromatic heterocycles. The van der Waals surface area contributed by atoms with Gasteiger partial charge < -0.3 is 10.8 Å². The van der Waals surface area contributed by atoms with Crippen molar-refractivity contribution < 1.29 is 5.11 Å². The van der Waals surface area contributed by atoms with Crippen LogP contribution in [0.5, 0.6) is 0 Å². The van der Waals surface area contributed by atoms with Gasteiger partial charge in [-0.2, -0.15) is 0 Å². The van der Waals surface area contributed by atoms with E-state index in [9.17, 15) is 5.11 Å². The number of aliphatic hydroxyl groups is 1. The minimum Gasteiger partial charge on any atom is -0.395 e. The first-order valence-corrected chi connectivity index (χ1v) is 8.10. The van der Waals surface area contributed by atoms with Gasteiger partial charge in [0, 0.05) is 44.3 Å². The van der Waals surface area contributed by atoms with Crippen molar-refractivity contribution in [1.29, 1.82) is 0 Å². The number of hydrogen-bond donors (Lipinski definition) is 2. The van der Waals surface area contributed by atoms with Gasteiger partial charge in [0.1, 0.15) is 0 Å². The first-order valence-electron chi connectivity index (χ1n) is 8.10. The van der Waals surface area contributed by atoms with E-state index in [1.165, 1.54) is 25.7 Å². The molecule has 4 heteroatoms. The van der Waals surface area contributed by atoms with Crippen LogP contribution in [0.1, 0.15) is 45.4 Å². The zero-order valence-corrected chi connectivity index (χ0v) is 12.4. The Labute approximate surface area is 117 Å². The molecule has 2 atom stereocenters. The van der Waals surface area contributed by atoms with Crippen molar-refractivity contribution >= 4 is 0 Å². The highest BCUT2D eigenvalue weighted by Gasteiger charge is 2.30. The van der Waals surface area contributed by atoms with Crippen molar-refractivity contribution in [3.8, 4) is 0 Å². The third kappa shape index (κ3) is 3.91. The molecule has 1 saturated carbocycles. The first-order chi connectivity index (χ1) is 9.26. The summed E-state index contributed by atoms with van der Waals surface area (Å²) in [6, 6.07) is 1.11. The van der Waals surface area contributed by atoms with E-state index in [4.69, 9.17) is 5.73 Å². The maximum absolute atomic E-state index is 9.62. The van der Waals surface area contributed by atoms with E-state index < -0.39 is 0 Å². The van der Waals surface area contributed by atoms with Gasteiger partial charge in [0.25, 0.3) is 0 Å². The monoisotopic (exact) mass is 269 g/mol. The summed E-state index contributed by atoms with van der Waals surface area (Å²) in [5, 5.41) is 9.62. The largest absolute Gasteiger partial charge is 0.395 e. The second-order valence-electron chi connectivity index (χ2n) is 6.21. The SMILES string of the molecule is CCCC(N)C(CO)N1CCN(C2CCCC2)CC1. The van der Waals surface area contributed by atoms with Gasteiger partial charge in [0.15, 0.2) is 0 Å². The molecule has 0 aromatic rings. The van der Waals surface area contributed by atoms with Gasteiger partial charge in [-0.1, -0.05) is 26.2 Å². The van der Waals surface area contributed by atoms with Gasteiger partial charge in [0.05, 0.1) is 6.61 Å². The second-order valence-corrected chi connectivity index (χ2v) is 6.21. The van der Waals surface area contributed by atoms with E-state index in [1.807, 2.05) is 0 Å². The molecule has 2 rings (SSSR count). The minimum absolute atomic E-state index is 0.119. The van der Waals surface area contributed by atoms with Gasteiger partial charge in [-0.15, -0.1) is 0 Å². The third-order valence-electron chi connectivity index (χ3n) is 4.96. The Kier molecular flexibility index (Phi) is 6.07. The van der Waals surface area contributed by atoms with E-state index >= 15 is 0 Å². The quantitative estimate of drug-likeness (QED) is 0.756. The van der Waals surface area contributed by atoms with Crippen LogP contribution in [0.4, 0.5) is 0 Å². The van der Waals surface area contributed by atoms with E-state index in [-0.39, 0.29) is 18.7 Å². The normalized spacial score (nSPS) is 26.7. The van der Waals surface area contributed by atoms with Gasteiger partial charge in [0.2, 0.25) is 0 Å². The predicted octanol–water partition coefficient (Wildman–Crippen LogP) is 1.03. The number of piperazine rings is 1. The van der Waals surface area contributed by atoms with E-state index in [0.29, 0.717) is 0 Å². The summed E-state index contributed by atoms with van der Waals surface area (Å²) in [6.45, 7) is 6.80. The lowest BCUT2D eigenvalue weighted by Gasteiger charge is -2.42. The first kappa shape index (κ1) is 15.2. The molecule has 1 aliphatic carbocycles. The minimum atomic E-state index is 0.119. The molecular formula is C15H31N3O. The van der Waals surface area contributed by atoms with Crippen LogP contribution >= 0.6 is 0 Å². The fourth-order valence-electron chi connectivity index (χ4n) is 3.75. The summed E-state index contributed by atoms with van der Waals surface area (Å²) in [4.78, 5) is 5.06. The number of aliphatic hydroxyl groups excluding tert-OH is 1. The van der Waals surface area contributed by atoms with E-state index in [2.05, 4.69) is 16.7 Å². The van der Waals surface area contributed by atoms with Crippen molar-refractivity contribution in [3.05, 3.63) is 0 Å². The zero-order chi connectivity index (χ0) is 13.7.